The Morgan fingerprint density at radius 2 is 1.62 bits per heavy atom. The lowest BCUT2D eigenvalue weighted by Gasteiger charge is -2.33. The fourth-order valence-electron chi connectivity index (χ4n) is 3.39. The maximum atomic E-state index is 13.0. The molecule has 1 saturated heterocycles. The minimum Gasteiger partial charge on any atom is -0.486 e. The molecule has 0 spiro atoms. The highest BCUT2D eigenvalue weighted by molar-refractivity contribution is 7.89. The summed E-state index contributed by atoms with van der Waals surface area (Å²) in [6, 6.07) is 14.0. The van der Waals surface area contributed by atoms with E-state index in [0.717, 1.165) is 5.69 Å². The summed E-state index contributed by atoms with van der Waals surface area (Å²) in [4.78, 5) is 14.4. The number of anilines is 1. The van der Waals surface area contributed by atoms with Gasteiger partial charge < -0.3 is 14.8 Å². The van der Waals surface area contributed by atoms with Crippen molar-refractivity contribution in [1.82, 2.24) is 9.21 Å². The van der Waals surface area contributed by atoms with Crippen LogP contribution in [0.25, 0.3) is 0 Å². The van der Waals surface area contributed by atoms with Crippen LogP contribution in [0.3, 0.4) is 0 Å². The molecular weight excluding hydrogens is 394 g/mol. The lowest BCUT2D eigenvalue weighted by Crippen LogP contribution is -2.50. The third-order valence-corrected chi connectivity index (χ3v) is 6.80. The van der Waals surface area contributed by atoms with Crippen LogP contribution in [0, 0.1) is 0 Å². The third kappa shape index (κ3) is 4.52. The first-order valence-corrected chi connectivity index (χ1v) is 10.9. The molecule has 1 fully saturated rings. The van der Waals surface area contributed by atoms with Crippen LogP contribution in [0.2, 0.25) is 0 Å². The topological polar surface area (TPSA) is 88.2 Å². The summed E-state index contributed by atoms with van der Waals surface area (Å²) in [6.07, 6.45) is 0. The molecule has 0 aliphatic carbocycles. The molecule has 9 heteroatoms. The van der Waals surface area contributed by atoms with Gasteiger partial charge in [-0.05, 0) is 24.3 Å². The molecule has 0 radical (unpaired) electrons. The number of nitrogens with one attached hydrogen (secondary N) is 1. The van der Waals surface area contributed by atoms with E-state index >= 15 is 0 Å². The highest BCUT2D eigenvalue weighted by atomic mass is 32.2. The third-order valence-electron chi connectivity index (χ3n) is 4.91. The van der Waals surface area contributed by atoms with Crippen molar-refractivity contribution in [2.75, 3.05) is 51.3 Å². The van der Waals surface area contributed by atoms with Gasteiger partial charge in [0.25, 0.3) is 0 Å². The molecule has 1 amide bonds. The second-order valence-electron chi connectivity index (χ2n) is 6.90. The van der Waals surface area contributed by atoms with Gasteiger partial charge in [-0.15, -0.1) is 0 Å². The molecule has 2 aromatic rings. The summed E-state index contributed by atoms with van der Waals surface area (Å²) < 4.78 is 38.3. The minimum absolute atomic E-state index is 0.112. The molecular formula is C20H23N3O5S. The van der Waals surface area contributed by atoms with Crippen molar-refractivity contribution >= 4 is 21.6 Å². The van der Waals surface area contributed by atoms with Gasteiger partial charge in [0.15, 0.2) is 11.5 Å². The van der Waals surface area contributed by atoms with E-state index in [1.165, 1.54) is 10.4 Å². The summed E-state index contributed by atoms with van der Waals surface area (Å²) in [6.45, 7) is 2.73. The van der Waals surface area contributed by atoms with Crippen LogP contribution in [0.15, 0.2) is 53.4 Å². The first-order valence-electron chi connectivity index (χ1n) is 9.49. The Morgan fingerprint density at radius 1 is 0.931 bits per heavy atom. The largest absolute Gasteiger partial charge is 0.486 e. The standard InChI is InChI=1S/C20H23N3O5S/c24-20(21-16-4-2-1-3-5-16)15-22-8-10-23(11-9-22)29(25,26)17-6-7-18-19(14-17)28-13-12-27-18/h1-7,14H,8-13,15H2,(H,21,24). The molecule has 0 saturated carbocycles. The Balaban J connectivity index is 1.34. The zero-order valence-electron chi connectivity index (χ0n) is 15.9. The van der Waals surface area contributed by atoms with E-state index in [1.54, 1.807) is 12.1 Å². The van der Waals surface area contributed by atoms with Crippen LogP contribution in [0.1, 0.15) is 0 Å². The van der Waals surface area contributed by atoms with E-state index in [0.29, 0.717) is 50.9 Å². The van der Waals surface area contributed by atoms with Crippen molar-refractivity contribution in [2.24, 2.45) is 0 Å². The van der Waals surface area contributed by atoms with Crippen molar-refractivity contribution in [3.63, 3.8) is 0 Å². The Hall–Kier alpha value is -2.62. The number of carbonyl (C=O) groups is 1. The van der Waals surface area contributed by atoms with Crippen LogP contribution in [0.4, 0.5) is 5.69 Å². The number of hydrogen-bond donors (Lipinski definition) is 1. The zero-order valence-corrected chi connectivity index (χ0v) is 16.7. The van der Waals surface area contributed by atoms with Crippen LogP contribution in [-0.4, -0.2) is 69.5 Å². The maximum Gasteiger partial charge on any atom is 0.243 e. The number of hydrogen-bond acceptors (Lipinski definition) is 6. The molecule has 1 N–H and O–H groups in total. The van der Waals surface area contributed by atoms with Crippen molar-refractivity contribution < 1.29 is 22.7 Å². The molecule has 29 heavy (non-hydrogen) atoms. The number of carbonyl (C=O) groups excluding carboxylic acids is 1. The lowest BCUT2D eigenvalue weighted by atomic mass is 10.3. The van der Waals surface area contributed by atoms with E-state index in [-0.39, 0.29) is 17.3 Å². The Morgan fingerprint density at radius 3 is 2.34 bits per heavy atom. The van der Waals surface area contributed by atoms with Gasteiger partial charge in [0.05, 0.1) is 11.4 Å². The molecule has 0 aromatic heterocycles. The van der Waals surface area contributed by atoms with Gasteiger partial charge in [0.2, 0.25) is 15.9 Å². The summed E-state index contributed by atoms with van der Waals surface area (Å²) in [5.41, 5.74) is 0.748. The van der Waals surface area contributed by atoms with Crippen LogP contribution < -0.4 is 14.8 Å². The van der Waals surface area contributed by atoms with Gasteiger partial charge in [-0.2, -0.15) is 4.31 Å². The van der Waals surface area contributed by atoms with Gasteiger partial charge in [-0.1, -0.05) is 18.2 Å². The SMILES string of the molecule is O=C(CN1CCN(S(=O)(=O)c2ccc3c(c2)OCCO3)CC1)Nc1ccccc1. The second kappa shape index (κ2) is 8.40. The molecule has 2 heterocycles. The molecule has 0 unspecified atom stereocenters. The number of para-hydroxylation sites is 1. The summed E-state index contributed by atoms with van der Waals surface area (Å²) >= 11 is 0. The van der Waals surface area contributed by atoms with Crippen molar-refractivity contribution in [1.29, 1.82) is 0 Å². The van der Waals surface area contributed by atoms with Gasteiger partial charge in [0.1, 0.15) is 13.2 Å². The number of piperazine rings is 1. The Labute approximate surface area is 170 Å². The van der Waals surface area contributed by atoms with Crippen molar-refractivity contribution in [3.8, 4) is 11.5 Å². The van der Waals surface area contributed by atoms with Gasteiger partial charge in [-0.3, -0.25) is 9.69 Å². The number of fused-ring (bicyclic) bond motifs is 1. The smallest absolute Gasteiger partial charge is 0.243 e. The quantitative estimate of drug-likeness (QED) is 0.791. The molecule has 2 aliphatic rings. The first kappa shape index (κ1) is 19.7. The molecule has 2 aliphatic heterocycles. The molecule has 0 atom stereocenters. The Kier molecular flexibility index (Phi) is 5.70. The van der Waals surface area contributed by atoms with Crippen LogP contribution >= 0.6 is 0 Å². The first-order chi connectivity index (χ1) is 14.0. The van der Waals surface area contributed by atoms with E-state index in [4.69, 9.17) is 9.47 Å². The summed E-state index contributed by atoms with van der Waals surface area (Å²) in [5, 5.41) is 2.85. The highest BCUT2D eigenvalue weighted by Crippen LogP contribution is 2.33. The number of benzene rings is 2. The summed E-state index contributed by atoms with van der Waals surface area (Å²) in [5.74, 6) is 0.900. The van der Waals surface area contributed by atoms with E-state index in [2.05, 4.69) is 5.32 Å². The van der Waals surface area contributed by atoms with Gasteiger partial charge >= 0.3 is 0 Å². The minimum atomic E-state index is -3.63. The Bertz CT molecular complexity index is 973. The molecule has 154 valence electrons. The number of nitrogens with zero attached hydrogens (tertiary/aromatic N) is 2. The molecule has 2 aromatic carbocycles. The van der Waals surface area contributed by atoms with Gasteiger partial charge in [0, 0.05) is 37.9 Å². The maximum absolute atomic E-state index is 13.0. The molecule has 0 bridgehead atoms. The number of sulfonamides is 1. The van der Waals surface area contributed by atoms with E-state index in [9.17, 15) is 13.2 Å². The monoisotopic (exact) mass is 417 g/mol. The zero-order chi connectivity index (χ0) is 20.3. The fraction of sp³-hybridized carbons (Fsp3) is 0.350. The fourth-order valence-corrected chi connectivity index (χ4v) is 4.82. The predicted octanol–water partition coefficient (Wildman–Crippen LogP) is 1.40. The van der Waals surface area contributed by atoms with E-state index < -0.39 is 10.0 Å². The van der Waals surface area contributed by atoms with Crippen LogP contribution in [-0.2, 0) is 14.8 Å². The van der Waals surface area contributed by atoms with Crippen molar-refractivity contribution in [2.45, 2.75) is 4.90 Å². The molecule has 4 rings (SSSR count). The normalized spacial score (nSPS) is 17.7. The molecule has 8 nitrogen and oxygen atoms in total. The second-order valence-corrected chi connectivity index (χ2v) is 8.84. The number of ether oxygens (including phenoxy) is 2. The number of rotatable bonds is 5. The van der Waals surface area contributed by atoms with Crippen molar-refractivity contribution in [3.05, 3.63) is 48.5 Å². The average Bonchev–Trinajstić information content (AvgIpc) is 2.74. The van der Waals surface area contributed by atoms with Gasteiger partial charge in [-0.25, -0.2) is 8.42 Å². The number of amides is 1. The predicted molar refractivity (Wildman–Crippen MR) is 108 cm³/mol. The van der Waals surface area contributed by atoms with E-state index in [1.807, 2.05) is 35.2 Å². The summed E-state index contributed by atoms with van der Waals surface area (Å²) in [7, 11) is -3.63. The van der Waals surface area contributed by atoms with Crippen LogP contribution in [0.5, 0.6) is 11.5 Å². The highest BCUT2D eigenvalue weighted by Gasteiger charge is 2.30. The lowest BCUT2D eigenvalue weighted by molar-refractivity contribution is -0.117. The average molecular weight is 417 g/mol.